The van der Waals surface area contributed by atoms with Gasteiger partial charge in [0.1, 0.15) is 17.5 Å². The van der Waals surface area contributed by atoms with Crippen molar-refractivity contribution in [3.05, 3.63) is 71.3 Å². The molecule has 0 radical (unpaired) electrons. The van der Waals surface area contributed by atoms with E-state index in [9.17, 15) is 18.0 Å². The Bertz CT molecular complexity index is 1040. The Labute approximate surface area is 165 Å². The first kappa shape index (κ1) is 19.2. The molecule has 3 aromatic rings. The van der Waals surface area contributed by atoms with Gasteiger partial charge in [-0.15, -0.1) is 0 Å². The van der Waals surface area contributed by atoms with Crippen molar-refractivity contribution in [2.24, 2.45) is 0 Å². The highest BCUT2D eigenvalue weighted by Crippen LogP contribution is 2.31. The summed E-state index contributed by atoms with van der Waals surface area (Å²) in [6.45, 7) is 2.30. The maximum Gasteiger partial charge on any atom is 0.261 e. The second kappa shape index (κ2) is 7.69. The van der Waals surface area contributed by atoms with Crippen LogP contribution >= 0.6 is 0 Å². The maximum absolute atomic E-state index is 14.0. The molecular formula is C21H18F3N3O2. The molecule has 1 aromatic heterocycles. The molecule has 0 bridgehead atoms. The van der Waals surface area contributed by atoms with E-state index in [4.69, 9.17) is 4.52 Å². The topological polar surface area (TPSA) is 59.2 Å². The van der Waals surface area contributed by atoms with Crippen LogP contribution in [0.5, 0.6) is 0 Å². The zero-order valence-electron chi connectivity index (χ0n) is 15.6. The van der Waals surface area contributed by atoms with E-state index >= 15 is 0 Å². The van der Waals surface area contributed by atoms with Crippen LogP contribution < -0.4 is 0 Å². The Hall–Kier alpha value is -3.16. The summed E-state index contributed by atoms with van der Waals surface area (Å²) in [5.74, 6) is -1.85. The highest BCUT2D eigenvalue weighted by atomic mass is 19.1. The van der Waals surface area contributed by atoms with Crippen molar-refractivity contribution in [2.45, 2.75) is 31.7 Å². The quantitative estimate of drug-likeness (QED) is 0.646. The molecular weight excluding hydrogens is 383 g/mol. The van der Waals surface area contributed by atoms with E-state index in [0.717, 1.165) is 31.0 Å². The molecule has 2 unspecified atom stereocenters. The zero-order valence-corrected chi connectivity index (χ0v) is 15.6. The monoisotopic (exact) mass is 401 g/mol. The van der Waals surface area contributed by atoms with Crippen LogP contribution in [0.25, 0.3) is 11.5 Å². The smallest absolute Gasteiger partial charge is 0.261 e. The summed E-state index contributed by atoms with van der Waals surface area (Å²) in [5, 5.41) is 3.93. The minimum atomic E-state index is -0.660. The lowest BCUT2D eigenvalue weighted by molar-refractivity contribution is 0.0604. The number of likely N-dealkylation sites (tertiary alicyclic amines) is 1. The number of hydrogen-bond donors (Lipinski definition) is 0. The van der Waals surface area contributed by atoms with E-state index in [2.05, 4.69) is 10.1 Å². The molecule has 2 aromatic carbocycles. The highest BCUT2D eigenvalue weighted by Gasteiger charge is 2.33. The van der Waals surface area contributed by atoms with Crippen molar-refractivity contribution in [1.82, 2.24) is 15.0 Å². The molecule has 1 saturated heterocycles. The van der Waals surface area contributed by atoms with Crippen LogP contribution in [-0.2, 0) is 0 Å². The molecule has 1 aliphatic rings. The molecule has 29 heavy (non-hydrogen) atoms. The van der Waals surface area contributed by atoms with E-state index in [-0.39, 0.29) is 29.3 Å². The molecule has 0 aliphatic carbocycles. The van der Waals surface area contributed by atoms with Gasteiger partial charge in [-0.1, -0.05) is 5.16 Å². The van der Waals surface area contributed by atoms with E-state index in [1.807, 2.05) is 6.92 Å². The van der Waals surface area contributed by atoms with E-state index in [1.54, 1.807) is 4.90 Å². The van der Waals surface area contributed by atoms with E-state index in [1.165, 1.54) is 24.3 Å². The first-order valence-corrected chi connectivity index (χ1v) is 9.28. The summed E-state index contributed by atoms with van der Waals surface area (Å²) < 4.78 is 45.7. The van der Waals surface area contributed by atoms with Crippen LogP contribution in [-0.4, -0.2) is 33.5 Å². The predicted octanol–water partition coefficient (Wildman–Crippen LogP) is 4.56. The molecule has 4 rings (SSSR count). The molecule has 150 valence electrons. The Morgan fingerprint density at radius 3 is 2.55 bits per heavy atom. The van der Waals surface area contributed by atoms with E-state index in [0.29, 0.717) is 17.9 Å². The second-order valence-corrected chi connectivity index (χ2v) is 7.17. The zero-order chi connectivity index (χ0) is 20.5. The number of nitrogens with zero attached hydrogens (tertiary/aromatic N) is 3. The van der Waals surface area contributed by atoms with Crippen LogP contribution in [0, 0.1) is 17.5 Å². The number of piperidine rings is 1. The largest absolute Gasteiger partial charge is 0.335 e. The average molecular weight is 401 g/mol. The van der Waals surface area contributed by atoms with Gasteiger partial charge < -0.3 is 9.42 Å². The van der Waals surface area contributed by atoms with Gasteiger partial charge in [-0.2, -0.15) is 4.98 Å². The summed E-state index contributed by atoms with van der Waals surface area (Å²) >= 11 is 0. The number of amides is 1. The van der Waals surface area contributed by atoms with Gasteiger partial charge in [0.05, 0.1) is 5.56 Å². The molecule has 0 spiro atoms. The lowest BCUT2D eigenvalue weighted by atomic mass is 9.92. The summed E-state index contributed by atoms with van der Waals surface area (Å²) in [7, 11) is 0. The lowest BCUT2D eigenvalue weighted by Gasteiger charge is -2.37. The minimum Gasteiger partial charge on any atom is -0.335 e. The van der Waals surface area contributed by atoms with Crippen molar-refractivity contribution in [1.29, 1.82) is 0 Å². The third kappa shape index (κ3) is 3.87. The van der Waals surface area contributed by atoms with Crippen LogP contribution in [0.3, 0.4) is 0 Å². The van der Waals surface area contributed by atoms with Gasteiger partial charge in [0, 0.05) is 24.1 Å². The fourth-order valence-corrected chi connectivity index (χ4v) is 3.53. The van der Waals surface area contributed by atoms with Gasteiger partial charge in [-0.25, -0.2) is 13.2 Å². The fraction of sp³-hybridized carbons (Fsp3) is 0.286. The fourth-order valence-electron chi connectivity index (χ4n) is 3.53. The Morgan fingerprint density at radius 2 is 1.79 bits per heavy atom. The van der Waals surface area contributed by atoms with Crippen LogP contribution in [0.15, 0.2) is 47.0 Å². The van der Waals surface area contributed by atoms with Gasteiger partial charge in [0.15, 0.2) is 5.82 Å². The SMILES string of the molecule is CC1CCC(c2noc(-c3cc(F)ccc3F)n2)CN1C(=O)c1ccc(F)cc1. The molecule has 2 atom stereocenters. The molecule has 0 N–H and O–H groups in total. The minimum absolute atomic E-state index is 0.00385. The number of benzene rings is 2. The summed E-state index contributed by atoms with van der Waals surface area (Å²) in [6, 6.07) is 8.41. The van der Waals surface area contributed by atoms with Crippen LogP contribution in [0.4, 0.5) is 13.2 Å². The average Bonchev–Trinajstić information content (AvgIpc) is 3.20. The molecule has 1 aliphatic heterocycles. The molecule has 8 heteroatoms. The van der Waals surface area contributed by atoms with Gasteiger partial charge in [-0.05, 0) is 62.2 Å². The summed E-state index contributed by atoms with van der Waals surface area (Å²) in [5.41, 5.74) is 0.293. The summed E-state index contributed by atoms with van der Waals surface area (Å²) in [4.78, 5) is 18.8. The van der Waals surface area contributed by atoms with E-state index < -0.39 is 17.5 Å². The number of rotatable bonds is 3. The first-order valence-electron chi connectivity index (χ1n) is 9.28. The van der Waals surface area contributed by atoms with Crippen LogP contribution in [0.1, 0.15) is 41.9 Å². The number of aromatic nitrogens is 2. The number of carbonyl (C=O) groups excluding carboxylic acids is 1. The number of carbonyl (C=O) groups is 1. The number of halogens is 3. The van der Waals surface area contributed by atoms with Crippen molar-refractivity contribution >= 4 is 5.91 Å². The predicted molar refractivity (Wildman–Crippen MR) is 98.5 cm³/mol. The standard InChI is InChI=1S/C21H18F3N3O2/c1-12-2-3-14(11-27(12)21(28)13-4-6-15(22)7-5-13)19-25-20(29-26-19)17-10-16(23)8-9-18(17)24/h4-10,12,14H,2-3,11H2,1H3. The van der Waals surface area contributed by atoms with Crippen molar-refractivity contribution in [3.8, 4) is 11.5 Å². The molecule has 2 heterocycles. The first-order chi connectivity index (χ1) is 13.9. The highest BCUT2D eigenvalue weighted by molar-refractivity contribution is 5.94. The second-order valence-electron chi connectivity index (χ2n) is 7.17. The molecule has 0 saturated carbocycles. The van der Waals surface area contributed by atoms with Gasteiger partial charge >= 0.3 is 0 Å². The van der Waals surface area contributed by atoms with Gasteiger partial charge in [-0.3, -0.25) is 4.79 Å². The normalized spacial score (nSPS) is 19.4. The van der Waals surface area contributed by atoms with Crippen molar-refractivity contribution in [3.63, 3.8) is 0 Å². The third-order valence-electron chi connectivity index (χ3n) is 5.20. The van der Waals surface area contributed by atoms with Gasteiger partial charge in [0.25, 0.3) is 11.8 Å². The maximum atomic E-state index is 14.0. The van der Waals surface area contributed by atoms with Crippen LogP contribution in [0.2, 0.25) is 0 Å². The number of hydrogen-bond acceptors (Lipinski definition) is 4. The van der Waals surface area contributed by atoms with Gasteiger partial charge in [0.2, 0.25) is 0 Å². The Morgan fingerprint density at radius 1 is 1.07 bits per heavy atom. The Kier molecular flexibility index (Phi) is 5.08. The Balaban J connectivity index is 1.55. The van der Waals surface area contributed by atoms with Crippen molar-refractivity contribution < 1.29 is 22.5 Å². The summed E-state index contributed by atoms with van der Waals surface area (Å²) in [6.07, 6.45) is 1.44. The van der Waals surface area contributed by atoms with Crippen molar-refractivity contribution in [2.75, 3.05) is 6.54 Å². The third-order valence-corrected chi connectivity index (χ3v) is 5.20. The molecule has 1 amide bonds. The molecule has 5 nitrogen and oxygen atoms in total. The lowest BCUT2D eigenvalue weighted by Crippen LogP contribution is -2.45. The molecule has 1 fully saturated rings.